The molecule has 1 aliphatic carbocycles. The molecule has 4 nitrogen and oxygen atoms in total. The topological polar surface area (TPSA) is 63.6 Å². The lowest BCUT2D eigenvalue weighted by Crippen LogP contribution is -2.20. The third-order valence-electron chi connectivity index (χ3n) is 2.48. The van der Waals surface area contributed by atoms with Crippen molar-refractivity contribution >= 4 is 11.9 Å². The van der Waals surface area contributed by atoms with Crippen LogP contribution in [0.4, 0.5) is 0 Å². The molecule has 1 aliphatic rings. The van der Waals surface area contributed by atoms with Crippen LogP contribution in [0.5, 0.6) is 0 Å². The second-order valence-electron chi connectivity index (χ2n) is 4.04. The molecule has 1 rings (SSSR count). The molecule has 17 heavy (non-hydrogen) atoms. The molecule has 0 unspecified atom stereocenters. The van der Waals surface area contributed by atoms with E-state index in [2.05, 4.69) is 6.58 Å². The monoisotopic (exact) mass is 242 g/mol. The summed E-state index contributed by atoms with van der Waals surface area (Å²) in [5.74, 6) is -0.991. The van der Waals surface area contributed by atoms with Gasteiger partial charge in [0.05, 0.1) is 0 Å². The first-order valence-electron chi connectivity index (χ1n) is 6.15. The summed E-state index contributed by atoms with van der Waals surface area (Å²) >= 11 is 0. The summed E-state index contributed by atoms with van der Waals surface area (Å²) in [5.41, 5.74) is 0. The van der Waals surface area contributed by atoms with Crippen molar-refractivity contribution in [1.82, 2.24) is 0 Å². The average Bonchev–Trinajstić information content (AvgIpc) is 2.31. The minimum absolute atomic E-state index is 0.00981. The van der Waals surface area contributed by atoms with E-state index in [4.69, 9.17) is 9.84 Å². The molecule has 0 aliphatic heterocycles. The van der Waals surface area contributed by atoms with E-state index in [0.29, 0.717) is 6.42 Å². The van der Waals surface area contributed by atoms with Gasteiger partial charge in [-0.1, -0.05) is 19.9 Å². The molecule has 0 bridgehead atoms. The number of ether oxygens (including phenoxy) is 1. The summed E-state index contributed by atoms with van der Waals surface area (Å²) in [6.45, 7) is 4.96. The predicted octanol–water partition coefficient (Wildman–Crippen LogP) is 2.92. The largest absolute Gasteiger partial charge is 0.478 e. The molecule has 1 saturated carbocycles. The molecule has 0 spiro atoms. The molecule has 1 fully saturated rings. The van der Waals surface area contributed by atoms with Gasteiger partial charge in [0, 0.05) is 12.5 Å². The Bertz CT molecular complexity index is 242. The molecule has 0 atom stereocenters. The molecule has 0 aromatic rings. The zero-order valence-electron chi connectivity index (χ0n) is 10.5. The first-order valence-corrected chi connectivity index (χ1v) is 6.15. The van der Waals surface area contributed by atoms with Crippen LogP contribution in [-0.4, -0.2) is 23.1 Å². The van der Waals surface area contributed by atoms with Crippen molar-refractivity contribution in [3.05, 3.63) is 12.7 Å². The van der Waals surface area contributed by atoms with Crippen LogP contribution in [0, 0.1) is 0 Å². The summed E-state index contributed by atoms with van der Waals surface area (Å²) in [5, 5.41) is 7.60. The lowest BCUT2D eigenvalue weighted by molar-refractivity contribution is -0.150. The molecule has 98 valence electrons. The fourth-order valence-electron chi connectivity index (χ4n) is 1.63. The summed E-state index contributed by atoms with van der Waals surface area (Å²) < 4.78 is 5.29. The normalized spacial score (nSPS) is 15.4. The Morgan fingerprint density at radius 3 is 2.29 bits per heavy atom. The Labute approximate surface area is 103 Å². The minimum atomic E-state index is -0.981. The van der Waals surface area contributed by atoms with E-state index < -0.39 is 5.97 Å². The maximum atomic E-state index is 11.1. The number of rotatable bonds is 4. The number of carbonyl (C=O) groups is 2. The highest BCUT2D eigenvalue weighted by Crippen LogP contribution is 2.20. The van der Waals surface area contributed by atoms with Gasteiger partial charge in [-0.15, -0.1) is 0 Å². The molecule has 0 saturated heterocycles. The zero-order chi connectivity index (χ0) is 13.1. The molecule has 0 heterocycles. The lowest BCUT2D eigenvalue weighted by atomic mass is 9.98. The number of hydrogen-bond donors (Lipinski definition) is 1. The third-order valence-corrected chi connectivity index (χ3v) is 2.48. The van der Waals surface area contributed by atoms with Crippen molar-refractivity contribution in [2.75, 3.05) is 0 Å². The number of carboxylic acids is 1. The van der Waals surface area contributed by atoms with E-state index in [9.17, 15) is 9.59 Å². The molecule has 1 N–H and O–H groups in total. The molecule has 0 amide bonds. The fourth-order valence-corrected chi connectivity index (χ4v) is 1.63. The number of esters is 1. The average molecular weight is 242 g/mol. The van der Waals surface area contributed by atoms with E-state index in [1.54, 1.807) is 0 Å². The molecular formula is C13H22O4. The van der Waals surface area contributed by atoms with Gasteiger partial charge < -0.3 is 9.84 Å². The lowest BCUT2D eigenvalue weighted by Gasteiger charge is -2.21. The number of carboxylic acid groups (broad SMARTS) is 1. The van der Waals surface area contributed by atoms with Crippen LogP contribution in [0.25, 0.3) is 0 Å². The summed E-state index contributed by atoms with van der Waals surface area (Å²) in [7, 11) is 0. The van der Waals surface area contributed by atoms with Crippen molar-refractivity contribution in [3.63, 3.8) is 0 Å². The van der Waals surface area contributed by atoms with Gasteiger partial charge in [-0.2, -0.15) is 0 Å². The van der Waals surface area contributed by atoms with Crippen LogP contribution in [0.2, 0.25) is 0 Å². The third kappa shape index (κ3) is 9.60. The Morgan fingerprint density at radius 1 is 1.35 bits per heavy atom. The number of hydrogen-bond acceptors (Lipinski definition) is 3. The summed E-state index contributed by atoms with van der Waals surface area (Å²) in [4.78, 5) is 20.3. The van der Waals surface area contributed by atoms with Gasteiger partial charge in [0.25, 0.3) is 0 Å². The second kappa shape index (κ2) is 9.87. The summed E-state index contributed by atoms with van der Waals surface area (Å²) in [6, 6.07) is 0. The Balaban J connectivity index is 0.000000437. The van der Waals surface area contributed by atoms with Crippen molar-refractivity contribution in [2.45, 2.75) is 58.0 Å². The van der Waals surface area contributed by atoms with Gasteiger partial charge in [0.2, 0.25) is 0 Å². The molecule has 0 aromatic carbocycles. The SMILES string of the molecule is C=CC(=O)O.CCCC(=O)OC1CCCCC1. The smallest absolute Gasteiger partial charge is 0.327 e. The van der Waals surface area contributed by atoms with Crippen LogP contribution < -0.4 is 0 Å². The van der Waals surface area contributed by atoms with Crippen LogP contribution >= 0.6 is 0 Å². The van der Waals surface area contributed by atoms with Gasteiger partial charge in [-0.05, 0) is 32.1 Å². The van der Waals surface area contributed by atoms with Crippen molar-refractivity contribution in [1.29, 1.82) is 0 Å². The maximum absolute atomic E-state index is 11.1. The Hall–Kier alpha value is -1.32. The van der Waals surface area contributed by atoms with E-state index in [0.717, 1.165) is 25.3 Å². The molecular weight excluding hydrogens is 220 g/mol. The van der Waals surface area contributed by atoms with E-state index in [1.165, 1.54) is 19.3 Å². The Kier molecular flexibility index (Phi) is 9.11. The van der Waals surface area contributed by atoms with Crippen LogP contribution in [0.15, 0.2) is 12.7 Å². The van der Waals surface area contributed by atoms with Gasteiger partial charge in [0.15, 0.2) is 0 Å². The standard InChI is InChI=1S/C10H18O2.C3H4O2/c1-2-6-10(11)12-9-7-4-3-5-8-9;1-2-3(4)5/h9H,2-8H2,1H3;2H,1H2,(H,4,5). The minimum Gasteiger partial charge on any atom is -0.478 e. The van der Waals surface area contributed by atoms with Gasteiger partial charge >= 0.3 is 11.9 Å². The maximum Gasteiger partial charge on any atom is 0.327 e. The number of aliphatic carboxylic acids is 1. The quantitative estimate of drug-likeness (QED) is 0.608. The predicted molar refractivity (Wildman–Crippen MR) is 65.7 cm³/mol. The van der Waals surface area contributed by atoms with Gasteiger partial charge in [-0.25, -0.2) is 4.79 Å². The van der Waals surface area contributed by atoms with Crippen molar-refractivity contribution < 1.29 is 19.4 Å². The van der Waals surface area contributed by atoms with Crippen LogP contribution in [-0.2, 0) is 14.3 Å². The fraction of sp³-hybridized carbons (Fsp3) is 0.692. The van der Waals surface area contributed by atoms with Crippen LogP contribution in [0.3, 0.4) is 0 Å². The first-order chi connectivity index (χ1) is 8.10. The molecule has 0 aromatic heterocycles. The molecule has 4 heteroatoms. The van der Waals surface area contributed by atoms with Gasteiger partial charge in [0.1, 0.15) is 6.10 Å². The van der Waals surface area contributed by atoms with Crippen molar-refractivity contribution in [3.8, 4) is 0 Å². The van der Waals surface area contributed by atoms with Gasteiger partial charge in [-0.3, -0.25) is 4.79 Å². The zero-order valence-corrected chi connectivity index (χ0v) is 10.5. The molecule has 0 radical (unpaired) electrons. The van der Waals surface area contributed by atoms with E-state index in [-0.39, 0.29) is 12.1 Å². The number of carbonyl (C=O) groups excluding carboxylic acids is 1. The van der Waals surface area contributed by atoms with Crippen molar-refractivity contribution in [2.24, 2.45) is 0 Å². The van der Waals surface area contributed by atoms with E-state index >= 15 is 0 Å². The highest BCUT2D eigenvalue weighted by atomic mass is 16.5. The second-order valence-corrected chi connectivity index (χ2v) is 4.04. The van der Waals surface area contributed by atoms with Crippen LogP contribution in [0.1, 0.15) is 51.9 Å². The first kappa shape index (κ1) is 15.7. The highest BCUT2D eigenvalue weighted by molar-refractivity contribution is 5.78. The Morgan fingerprint density at radius 2 is 1.88 bits per heavy atom. The highest BCUT2D eigenvalue weighted by Gasteiger charge is 2.16. The van der Waals surface area contributed by atoms with E-state index in [1.807, 2.05) is 6.92 Å². The summed E-state index contributed by atoms with van der Waals surface area (Å²) in [6.07, 6.45) is 8.46.